The van der Waals surface area contributed by atoms with Gasteiger partial charge in [0, 0.05) is 39.0 Å². The number of nitrogens with two attached hydrogens (primary N) is 1. The lowest BCUT2D eigenvalue weighted by molar-refractivity contribution is -0.139. The lowest BCUT2D eigenvalue weighted by atomic mass is 10.2. The fourth-order valence-electron chi connectivity index (χ4n) is 2.10. The standard InChI is InChI=1S/C13H25N3O2/c1-2-3-5-12(17)15-8-10-16(11-9-15)13(18)6-4-7-14/h2-11,14H2,1H3. The monoisotopic (exact) mass is 255 g/mol. The Morgan fingerprint density at radius 3 is 1.78 bits per heavy atom. The van der Waals surface area contributed by atoms with Gasteiger partial charge in [-0.25, -0.2) is 0 Å². The van der Waals surface area contributed by atoms with Crippen molar-refractivity contribution in [3.63, 3.8) is 0 Å². The van der Waals surface area contributed by atoms with Crippen molar-refractivity contribution < 1.29 is 9.59 Å². The van der Waals surface area contributed by atoms with Gasteiger partial charge in [0.15, 0.2) is 0 Å². The molecule has 0 atom stereocenters. The Bertz CT molecular complexity index is 245. The minimum Gasteiger partial charge on any atom is -0.339 e. The molecule has 0 aromatic carbocycles. The zero-order valence-electron chi connectivity index (χ0n) is 11.4. The van der Waals surface area contributed by atoms with Crippen molar-refractivity contribution in [1.29, 1.82) is 0 Å². The topological polar surface area (TPSA) is 66.6 Å². The van der Waals surface area contributed by atoms with E-state index in [9.17, 15) is 9.59 Å². The van der Waals surface area contributed by atoms with Crippen molar-refractivity contribution in [2.75, 3.05) is 32.7 Å². The van der Waals surface area contributed by atoms with Crippen LogP contribution in [0.5, 0.6) is 0 Å². The molecule has 0 radical (unpaired) electrons. The molecule has 104 valence electrons. The van der Waals surface area contributed by atoms with Gasteiger partial charge >= 0.3 is 0 Å². The zero-order valence-corrected chi connectivity index (χ0v) is 11.4. The maximum atomic E-state index is 11.8. The van der Waals surface area contributed by atoms with Crippen molar-refractivity contribution in [2.24, 2.45) is 5.73 Å². The highest BCUT2D eigenvalue weighted by atomic mass is 16.2. The molecule has 5 nitrogen and oxygen atoms in total. The first-order valence-corrected chi connectivity index (χ1v) is 6.94. The molecule has 0 bridgehead atoms. The molecule has 1 aliphatic heterocycles. The van der Waals surface area contributed by atoms with E-state index >= 15 is 0 Å². The Hall–Kier alpha value is -1.10. The second-order valence-electron chi connectivity index (χ2n) is 4.76. The molecule has 0 saturated carbocycles. The van der Waals surface area contributed by atoms with Gasteiger partial charge in [-0.1, -0.05) is 13.3 Å². The van der Waals surface area contributed by atoms with Gasteiger partial charge in [0.25, 0.3) is 0 Å². The molecule has 1 aliphatic rings. The smallest absolute Gasteiger partial charge is 0.222 e. The van der Waals surface area contributed by atoms with Crippen LogP contribution < -0.4 is 5.73 Å². The molecule has 0 unspecified atom stereocenters. The van der Waals surface area contributed by atoms with Crippen molar-refractivity contribution >= 4 is 11.8 Å². The van der Waals surface area contributed by atoms with Crippen LogP contribution in [-0.2, 0) is 9.59 Å². The fraction of sp³-hybridized carbons (Fsp3) is 0.846. The van der Waals surface area contributed by atoms with Crippen molar-refractivity contribution in [3.8, 4) is 0 Å². The minimum atomic E-state index is 0.168. The molecule has 1 saturated heterocycles. The van der Waals surface area contributed by atoms with E-state index in [1.807, 2.05) is 9.80 Å². The third-order valence-corrected chi connectivity index (χ3v) is 3.32. The molecule has 1 rings (SSSR count). The first-order valence-electron chi connectivity index (χ1n) is 6.94. The van der Waals surface area contributed by atoms with Crippen LogP contribution in [-0.4, -0.2) is 54.3 Å². The molecule has 2 N–H and O–H groups in total. The normalized spacial score (nSPS) is 15.9. The summed E-state index contributed by atoms with van der Waals surface area (Å²) in [4.78, 5) is 27.3. The number of carbonyl (C=O) groups excluding carboxylic acids is 2. The first-order chi connectivity index (χ1) is 8.69. The van der Waals surface area contributed by atoms with Crippen LogP contribution in [0.2, 0.25) is 0 Å². The molecule has 18 heavy (non-hydrogen) atoms. The second kappa shape index (κ2) is 8.08. The number of unbranched alkanes of at least 4 members (excludes halogenated alkanes) is 1. The third kappa shape index (κ3) is 4.64. The number of piperazine rings is 1. The van der Waals surface area contributed by atoms with Gasteiger partial charge in [0.05, 0.1) is 0 Å². The minimum absolute atomic E-state index is 0.168. The number of hydrogen-bond donors (Lipinski definition) is 1. The Morgan fingerprint density at radius 1 is 0.944 bits per heavy atom. The number of hydrogen-bond acceptors (Lipinski definition) is 3. The van der Waals surface area contributed by atoms with Crippen LogP contribution in [0.3, 0.4) is 0 Å². The Labute approximate surface area is 109 Å². The molecule has 1 heterocycles. The highest BCUT2D eigenvalue weighted by molar-refractivity contribution is 5.78. The summed E-state index contributed by atoms with van der Waals surface area (Å²) in [6, 6.07) is 0. The Morgan fingerprint density at radius 2 is 1.39 bits per heavy atom. The maximum Gasteiger partial charge on any atom is 0.222 e. The van der Waals surface area contributed by atoms with E-state index in [0.29, 0.717) is 45.6 Å². The molecule has 1 fully saturated rings. The molecule has 5 heteroatoms. The van der Waals surface area contributed by atoms with E-state index in [2.05, 4.69) is 6.92 Å². The van der Waals surface area contributed by atoms with Crippen molar-refractivity contribution in [1.82, 2.24) is 9.80 Å². The fourth-order valence-corrected chi connectivity index (χ4v) is 2.10. The Kier molecular flexibility index (Phi) is 6.72. The quantitative estimate of drug-likeness (QED) is 0.755. The summed E-state index contributed by atoms with van der Waals surface area (Å²) in [5, 5.41) is 0. The van der Waals surface area contributed by atoms with Crippen LogP contribution in [0.4, 0.5) is 0 Å². The van der Waals surface area contributed by atoms with E-state index in [0.717, 1.165) is 19.3 Å². The molecule has 2 amide bonds. The summed E-state index contributed by atoms with van der Waals surface area (Å²) in [5.41, 5.74) is 5.39. The maximum absolute atomic E-state index is 11.8. The average molecular weight is 255 g/mol. The van der Waals surface area contributed by atoms with Gasteiger partial charge in [0.2, 0.25) is 11.8 Å². The molecular formula is C13H25N3O2. The summed E-state index contributed by atoms with van der Waals surface area (Å²) < 4.78 is 0. The van der Waals surface area contributed by atoms with Crippen LogP contribution in [0, 0.1) is 0 Å². The van der Waals surface area contributed by atoms with E-state index < -0.39 is 0 Å². The summed E-state index contributed by atoms with van der Waals surface area (Å²) >= 11 is 0. The number of carbonyl (C=O) groups is 2. The second-order valence-corrected chi connectivity index (χ2v) is 4.76. The lowest BCUT2D eigenvalue weighted by Crippen LogP contribution is -2.50. The van der Waals surface area contributed by atoms with Crippen LogP contribution in [0.1, 0.15) is 39.0 Å². The van der Waals surface area contributed by atoms with Crippen LogP contribution in [0.15, 0.2) is 0 Å². The highest BCUT2D eigenvalue weighted by Gasteiger charge is 2.23. The summed E-state index contributed by atoms with van der Waals surface area (Å²) in [6.45, 7) is 5.33. The first kappa shape index (κ1) is 15.0. The predicted molar refractivity (Wildman–Crippen MR) is 71.0 cm³/mol. The van der Waals surface area contributed by atoms with Crippen LogP contribution >= 0.6 is 0 Å². The van der Waals surface area contributed by atoms with Crippen LogP contribution in [0.25, 0.3) is 0 Å². The number of rotatable bonds is 6. The van der Waals surface area contributed by atoms with Gasteiger partial charge in [-0.05, 0) is 19.4 Å². The molecule has 0 aromatic heterocycles. The highest BCUT2D eigenvalue weighted by Crippen LogP contribution is 2.08. The van der Waals surface area contributed by atoms with Gasteiger partial charge in [-0.3, -0.25) is 9.59 Å². The van der Waals surface area contributed by atoms with Gasteiger partial charge in [-0.15, -0.1) is 0 Å². The van der Waals surface area contributed by atoms with Gasteiger partial charge in [-0.2, -0.15) is 0 Å². The molecule has 0 aliphatic carbocycles. The van der Waals surface area contributed by atoms with E-state index in [-0.39, 0.29) is 11.8 Å². The van der Waals surface area contributed by atoms with Gasteiger partial charge in [0.1, 0.15) is 0 Å². The third-order valence-electron chi connectivity index (χ3n) is 3.32. The molecule has 0 spiro atoms. The molecular weight excluding hydrogens is 230 g/mol. The molecule has 0 aromatic rings. The summed E-state index contributed by atoms with van der Waals surface area (Å²) in [6.07, 6.45) is 3.91. The van der Waals surface area contributed by atoms with Crippen molar-refractivity contribution in [3.05, 3.63) is 0 Å². The predicted octanol–water partition coefficient (Wildman–Crippen LogP) is 0.586. The van der Waals surface area contributed by atoms with E-state index in [4.69, 9.17) is 5.73 Å². The Balaban J connectivity index is 2.27. The van der Waals surface area contributed by atoms with Gasteiger partial charge < -0.3 is 15.5 Å². The SMILES string of the molecule is CCCCC(=O)N1CCN(C(=O)CCCN)CC1. The summed E-state index contributed by atoms with van der Waals surface area (Å²) in [5.74, 6) is 0.395. The van der Waals surface area contributed by atoms with E-state index in [1.54, 1.807) is 0 Å². The average Bonchev–Trinajstić information content (AvgIpc) is 2.42. The summed E-state index contributed by atoms with van der Waals surface area (Å²) in [7, 11) is 0. The number of nitrogens with zero attached hydrogens (tertiary/aromatic N) is 2. The lowest BCUT2D eigenvalue weighted by Gasteiger charge is -2.35. The van der Waals surface area contributed by atoms with E-state index in [1.165, 1.54) is 0 Å². The zero-order chi connectivity index (χ0) is 13.4. The number of amides is 2. The van der Waals surface area contributed by atoms with Crippen molar-refractivity contribution in [2.45, 2.75) is 39.0 Å². The largest absolute Gasteiger partial charge is 0.339 e.